The summed E-state index contributed by atoms with van der Waals surface area (Å²) in [6.07, 6.45) is 1.44. The van der Waals surface area contributed by atoms with Crippen LogP contribution in [0.5, 0.6) is 0 Å². The smallest absolute Gasteiger partial charge is 0.181 e. The summed E-state index contributed by atoms with van der Waals surface area (Å²) in [5, 5.41) is 1.72. The minimum Gasteiger partial charge on any atom is -0.302 e. The lowest BCUT2D eigenvalue weighted by Crippen LogP contribution is -2.16. The van der Waals surface area contributed by atoms with Gasteiger partial charge >= 0.3 is 0 Å². The molecular weight excluding hydrogens is 438 g/mol. The molecule has 0 aliphatic carbocycles. The molecule has 0 radical (unpaired) electrons. The Hall–Kier alpha value is -1.15. The van der Waals surface area contributed by atoms with Gasteiger partial charge in [0.25, 0.3) is 0 Å². The first kappa shape index (κ1) is 20.9. The molecule has 0 saturated carbocycles. The Morgan fingerprint density at radius 1 is 1.12 bits per heavy atom. The van der Waals surface area contributed by atoms with Crippen molar-refractivity contribution in [3.05, 3.63) is 57.0 Å². The van der Waals surface area contributed by atoms with Crippen molar-refractivity contribution >= 4 is 37.6 Å². The SMILES string of the molecule is CCCC(=O)c1cccc(Br)n1.CON(C)Cc1cccc(Br)n1. The van der Waals surface area contributed by atoms with Crippen LogP contribution in [0.3, 0.4) is 0 Å². The number of ketones is 1. The number of halogens is 2. The quantitative estimate of drug-likeness (QED) is 0.357. The van der Waals surface area contributed by atoms with E-state index in [0.29, 0.717) is 23.3 Å². The van der Waals surface area contributed by atoms with Crippen molar-refractivity contribution in [3.63, 3.8) is 0 Å². The standard InChI is InChI=1S/C9H10BrNO.C8H11BrN2O/c1-2-4-8(12)7-5-3-6-9(10)11-7;1-11(12-2)6-7-4-3-5-8(9)10-7/h3,5-6H,2,4H2,1H3;3-5H,6H2,1-2H3. The van der Waals surface area contributed by atoms with Crippen LogP contribution in [-0.4, -0.2) is 35.0 Å². The first-order chi connectivity index (χ1) is 11.5. The van der Waals surface area contributed by atoms with Crippen LogP contribution in [0.4, 0.5) is 0 Å². The number of aromatic nitrogens is 2. The molecule has 5 nitrogen and oxygen atoms in total. The van der Waals surface area contributed by atoms with E-state index in [1.54, 1.807) is 18.2 Å². The number of Topliss-reactive ketones (excluding diaryl/α,β-unsaturated/α-hetero) is 1. The molecule has 2 aromatic heterocycles. The van der Waals surface area contributed by atoms with Gasteiger partial charge in [-0.25, -0.2) is 9.97 Å². The summed E-state index contributed by atoms with van der Waals surface area (Å²) < 4.78 is 1.56. The zero-order valence-electron chi connectivity index (χ0n) is 14.0. The van der Waals surface area contributed by atoms with Gasteiger partial charge < -0.3 is 4.84 Å². The summed E-state index contributed by atoms with van der Waals surface area (Å²) in [4.78, 5) is 24.6. The van der Waals surface area contributed by atoms with Gasteiger partial charge in [-0.1, -0.05) is 19.1 Å². The van der Waals surface area contributed by atoms with E-state index < -0.39 is 0 Å². The molecule has 0 aliphatic heterocycles. The second-order valence-corrected chi connectivity index (χ2v) is 6.56. The number of carbonyl (C=O) groups is 1. The van der Waals surface area contributed by atoms with Crippen LogP contribution in [0.2, 0.25) is 0 Å². The normalized spacial score (nSPS) is 10.2. The minimum absolute atomic E-state index is 0.110. The van der Waals surface area contributed by atoms with Gasteiger partial charge in [-0.15, -0.1) is 0 Å². The van der Waals surface area contributed by atoms with Gasteiger partial charge in [0.05, 0.1) is 19.3 Å². The van der Waals surface area contributed by atoms with Crippen LogP contribution < -0.4 is 0 Å². The molecule has 0 bridgehead atoms. The average molecular weight is 459 g/mol. The molecule has 0 N–H and O–H groups in total. The number of pyridine rings is 2. The van der Waals surface area contributed by atoms with E-state index in [-0.39, 0.29) is 5.78 Å². The highest BCUT2D eigenvalue weighted by atomic mass is 79.9. The molecule has 0 unspecified atom stereocenters. The maximum Gasteiger partial charge on any atom is 0.181 e. The predicted octanol–water partition coefficient (Wildman–Crippen LogP) is 4.66. The van der Waals surface area contributed by atoms with Gasteiger partial charge in [0.15, 0.2) is 5.78 Å². The molecule has 0 saturated heterocycles. The lowest BCUT2D eigenvalue weighted by Gasteiger charge is -2.12. The number of rotatable bonds is 6. The molecule has 2 rings (SSSR count). The molecule has 0 spiro atoms. The molecule has 7 heteroatoms. The van der Waals surface area contributed by atoms with Crippen molar-refractivity contribution in [2.24, 2.45) is 0 Å². The van der Waals surface area contributed by atoms with Crippen LogP contribution in [0, 0.1) is 0 Å². The van der Waals surface area contributed by atoms with E-state index in [1.807, 2.05) is 44.3 Å². The Morgan fingerprint density at radius 3 is 2.29 bits per heavy atom. The molecule has 0 amide bonds. The van der Waals surface area contributed by atoms with Crippen molar-refractivity contribution in [2.75, 3.05) is 14.2 Å². The summed E-state index contributed by atoms with van der Waals surface area (Å²) in [5.41, 5.74) is 1.53. The van der Waals surface area contributed by atoms with Gasteiger partial charge in [-0.05, 0) is 62.5 Å². The van der Waals surface area contributed by atoms with E-state index in [2.05, 4.69) is 41.8 Å². The van der Waals surface area contributed by atoms with Gasteiger partial charge in [0.2, 0.25) is 0 Å². The molecule has 0 aliphatic rings. The monoisotopic (exact) mass is 457 g/mol. The van der Waals surface area contributed by atoms with Crippen molar-refractivity contribution in [1.29, 1.82) is 0 Å². The molecule has 0 fully saturated rings. The zero-order chi connectivity index (χ0) is 17.9. The topological polar surface area (TPSA) is 55.3 Å². The fourth-order valence-electron chi connectivity index (χ4n) is 1.75. The van der Waals surface area contributed by atoms with Crippen molar-refractivity contribution in [1.82, 2.24) is 15.0 Å². The van der Waals surface area contributed by atoms with E-state index in [4.69, 9.17) is 4.84 Å². The molecular formula is C17H21Br2N3O2. The Kier molecular flexibility index (Phi) is 9.94. The van der Waals surface area contributed by atoms with Crippen LogP contribution >= 0.6 is 31.9 Å². The summed E-state index contributed by atoms with van der Waals surface area (Å²) in [6.45, 7) is 2.67. The zero-order valence-corrected chi connectivity index (χ0v) is 17.2. The van der Waals surface area contributed by atoms with Gasteiger partial charge in [0.1, 0.15) is 14.9 Å². The molecule has 24 heavy (non-hydrogen) atoms. The van der Waals surface area contributed by atoms with E-state index in [0.717, 1.165) is 16.7 Å². The van der Waals surface area contributed by atoms with Gasteiger partial charge in [-0.2, -0.15) is 5.06 Å². The first-order valence-electron chi connectivity index (χ1n) is 7.48. The van der Waals surface area contributed by atoms with E-state index >= 15 is 0 Å². The third kappa shape index (κ3) is 8.10. The first-order valence-corrected chi connectivity index (χ1v) is 9.07. The summed E-state index contributed by atoms with van der Waals surface area (Å²) >= 11 is 6.52. The summed E-state index contributed by atoms with van der Waals surface area (Å²) in [7, 11) is 3.50. The number of carbonyl (C=O) groups excluding carboxylic acids is 1. The van der Waals surface area contributed by atoms with Crippen molar-refractivity contribution < 1.29 is 9.63 Å². The second kappa shape index (κ2) is 11.4. The Balaban J connectivity index is 0.000000240. The summed E-state index contributed by atoms with van der Waals surface area (Å²) in [5.74, 6) is 0.110. The predicted molar refractivity (Wildman–Crippen MR) is 102 cm³/mol. The van der Waals surface area contributed by atoms with Crippen molar-refractivity contribution in [3.8, 4) is 0 Å². The van der Waals surface area contributed by atoms with Crippen LogP contribution in [-0.2, 0) is 11.4 Å². The van der Waals surface area contributed by atoms with Gasteiger partial charge in [-0.3, -0.25) is 4.79 Å². The molecule has 2 aromatic rings. The average Bonchev–Trinajstić information content (AvgIpc) is 2.55. The third-order valence-electron chi connectivity index (χ3n) is 2.95. The van der Waals surface area contributed by atoms with Crippen molar-refractivity contribution in [2.45, 2.75) is 26.3 Å². The largest absolute Gasteiger partial charge is 0.302 e. The maximum absolute atomic E-state index is 11.3. The van der Waals surface area contributed by atoms with Crippen LogP contribution in [0.15, 0.2) is 45.6 Å². The molecule has 2 heterocycles. The molecule has 0 atom stereocenters. The molecule has 130 valence electrons. The number of hydrogen-bond donors (Lipinski definition) is 0. The highest BCUT2D eigenvalue weighted by molar-refractivity contribution is 9.10. The highest BCUT2D eigenvalue weighted by Gasteiger charge is 2.05. The lowest BCUT2D eigenvalue weighted by atomic mass is 10.2. The Labute approximate surface area is 159 Å². The summed E-state index contributed by atoms with van der Waals surface area (Å²) in [6, 6.07) is 11.2. The molecule has 0 aromatic carbocycles. The van der Waals surface area contributed by atoms with Crippen LogP contribution in [0.1, 0.15) is 35.9 Å². The number of nitrogens with zero attached hydrogens (tertiary/aromatic N) is 3. The van der Waals surface area contributed by atoms with Gasteiger partial charge in [0, 0.05) is 13.5 Å². The van der Waals surface area contributed by atoms with Crippen LogP contribution in [0.25, 0.3) is 0 Å². The highest BCUT2D eigenvalue weighted by Crippen LogP contribution is 2.09. The minimum atomic E-state index is 0.110. The number of hydroxylamine groups is 2. The lowest BCUT2D eigenvalue weighted by molar-refractivity contribution is -0.117. The second-order valence-electron chi connectivity index (χ2n) is 4.94. The Bertz CT molecular complexity index is 653. The maximum atomic E-state index is 11.3. The third-order valence-corrected chi connectivity index (χ3v) is 3.83. The number of hydrogen-bond acceptors (Lipinski definition) is 5. The Morgan fingerprint density at radius 2 is 1.75 bits per heavy atom. The fraction of sp³-hybridized carbons (Fsp3) is 0.353. The fourth-order valence-corrected chi connectivity index (χ4v) is 2.47. The van der Waals surface area contributed by atoms with E-state index in [1.165, 1.54) is 0 Å². The van der Waals surface area contributed by atoms with E-state index in [9.17, 15) is 4.79 Å².